The second-order valence-electron chi connectivity index (χ2n) is 3.69. The third-order valence-corrected chi connectivity index (χ3v) is 4.20. The molecule has 0 fully saturated rings. The van der Waals surface area contributed by atoms with Gasteiger partial charge in [-0.2, -0.15) is 0 Å². The quantitative estimate of drug-likeness (QED) is 0.854. The first kappa shape index (κ1) is 13.0. The van der Waals surface area contributed by atoms with Crippen LogP contribution >= 0.6 is 23.1 Å². The first-order valence-electron chi connectivity index (χ1n) is 5.49. The van der Waals surface area contributed by atoms with E-state index in [4.69, 9.17) is 0 Å². The van der Waals surface area contributed by atoms with E-state index in [9.17, 15) is 4.79 Å². The van der Waals surface area contributed by atoms with Gasteiger partial charge in [0.25, 0.3) is 0 Å². The van der Waals surface area contributed by atoms with Crippen LogP contribution in [-0.4, -0.2) is 21.9 Å². The fourth-order valence-electron chi connectivity index (χ4n) is 1.46. The fourth-order valence-corrected chi connectivity index (χ4v) is 2.76. The second-order valence-corrected chi connectivity index (χ2v) is 5.75. The summed E-state index contributed by atoms with van der Waals surface area (Å²) in [6.07, 6.45) is 0. The van der Waals surface area contributed by atoms with Crippen molar-refractivity contribution in [2.24, 2.45) is 0 Å². The summed E-state index contributed by atoms with van der Waals surface area (Å²) in [6.45, 7) is 1.98. The number of nitrogens with one attached hydrogen (secondary N) is 1. The van der Waals surface area contributed by atoms with Gasteiger partial charge < -0.3 is 5.32 Å². The predicted molar refractivity (Wildman–Crippen MR) is 73.6 cm³/mol. The van der Waals surface area contributed by atoms with Gasteiger partial charge in [-0.05, 0) is 12.5 Å². The summed E-state index contributed by atoms with van der Waals surface area (Å²) in [5.41, 5.74) is 2.76. The molecule has 0 aliphatic carbocycles. The number of nitrogens with zero attached hydrogens (tertiary/aromatic N) is 2. The van der Waals surface area contributed by atoms with E-state index in [0.717, 1.165) is 9.90 Å². The number of aromatic nitrogens is 2. The van der Waals surface area contributed by atoms with E-state index in [1.54, 1.807) is 5.51 Å². The molecule has 1 atom stereocenters. The monoisotopic (exact) mass is 279 g/mol. The molecule has 18 heavy (non-hydrogen) atoms. The Kier molecular flexibility index (Phi) is 4.72. The molecule has 0 radical (unpaired) electrons. The summed E-state index contributed by atoms with van der Waals surface area (Å²) in [6, 6.07) is 9.92. The van der Waals surface area contributed by atoms with Crippen molar-refractivity contribution in [2.45, 2.75) is 17.3 Å². The van der Waals surface area contributed by atoms with Crippen LogP contribution in [0.15, 0.2) is 40.2 Å². The van der Waals surface area contributed by atoms with Gasteiger partial charge in [0.2, 0.25) is 5.91 Å². The van der Waals surface area contributed by atoms with Crippen LogP contribution in [0.25, 0.3) is 0 Å². The van der Waals surface area contributed by atoms with E-state index < -0.39 is 0 Å². The minimum atomic E-state index is 0.00607. The number of benzene rings is 1. The first-order valence-corrected chi connectivity index (χ1v) is 7.35. The van der Waals surface area contributed by atoms with Crippen LogP contribution < -0.4 is 5.32 Å². The van der Waals surface area contributed by atoms with Gasteiger partial charge in [-0.15, -0.1) is 10.2 Å². The van der Waals surface area contributed by atoms with Gasteiger partial charge in [0, 0.05) is 0 Å². The third-order valence-electron chi connectivity index (χ3n) is 2.34. The molecule has 94 valence electrons. The molecule has 0 saturated heterocycles. The number of rotatable bonds is 5. The van der Waals surface area contributed by atoms with Gasteiger partial charge in [-0.3, -0.25) is 4.79 Å². The first-order chi connectivity index (χ1) is 8.75. The lowest BCUT2D eigenvalue weighted by molar-refractivity contribution is -0.119. The van der Waals surface area contributed by atoms with Crippen LogP contribution in [0.2, 0.25) is 0 Å². The van der Waals surface area contributed by atoms with Crippen LogP contribution in [-0.2, 0) is 4.79 Å². The lowest BCUT2D eigenvalue weighted by Crippen LogP contribution is -2.28. The van der Waals surface area contributed by atoms with Gasteiger partial charge in [-0.1, -0.05) is 53.4 Å². The van der Waals surface area contributed by atoms with Crippen molar-refractivity contribution in [1.29, 1.82) is 0 Å². The smallest absolute Gasteiger partial charge is 0.230 e. The molecule has 1 amide bonds. The van der Waals surface area contributed by atoms with Gasteiger partial charge in [-0.25, -0.2) is 0 Å². The van der Waals surface area contributed by atoms with Gasteiger partial charge >= 0.3 is 0 Å². The Hall–Kier alpha value is -1.40. The predicted octanol–water partition coefficient (Wildman–Crippen LogP) is 2.51. The molecular weight excluding hydrogens is 266 g/mol. The van der Waals surface area contributed by atoms with E-state index >= 15 is 0 Å². The highest BCUT2D eigenvalue weighted by Crippen LogP contribution is 2.19. The van der Waals surface area contributed by atoms with Crippen molar-refractivity contribution in [3.05, 3.63) is 41.4 Å². The minimum Gasteiger partial charge on any atom is -0.349 e. The number of thioether (sulfide) groups is 1. The second kappa shape index (κ2) is 6.51. The Morgan fingerprint density at radius 3 is 2.89 bits per heavy atom. The highest BCUT2D eigenvalue weighted by Gasteiger charge is 2.10. The average Bonchev–Trinajstić information content (AvgIpc) is 2.90. The van der Waals surface area contributed by atoms with Crippen molar-refractivity contribution in [1.82, 2.24) is 15.5 Å². The number of carbonyl (C=O) groups excluding carboxylic acids is 1. The van der Waals surface area contributed by atoms with Crippen LogP contribution in [0.5, 0.6) is 0 Å². The Balaban J connectivity index is 1.80. The molecule has 4 nitrogen and oxygen atoms in total. The molecule has 0 aliphatic heterocycles. The fraction of sp³-hybridized carbons (Fsp3) is 0.250. The molecule has 0 bridgehead atoms. The van der Waals surface area contributed by atoms with Crippen LogP contribution in [0.1, 0.15) is 18.5 Å². The molecule has 0 saturated carbocycles. The summed E-state index contributed by atoms with van der Waals surface area (Å²) in [7, 11) is 0. The largest absolute Gasteiger partial charge is 0.349 e. The van der Waals surface area contributed by atoms with Crippen molar-refractivity contribution in [2.75, 3.05) is 5.75 Å². The molecular formula is C12H13N3OS2. The normalized spacial score (nSPS) is 12.1. The molecule has 2 aromatic rings. The zero-order chi connectivity index (χ0) is 12.8. The van der Waals surface area contributed by atoms with Crippen molar-refractivity contribution in [3.8, 4) is 0 Å². The summed E-state index contributed by atoms with van der Waals surface area (Å²) in [5.74, 6) is 0.373. The maximum absolute atomic E-state index is 11.7. The van der Waals surface area contributed by atoms with E-state index in [2.05, 4.69) is 15.5 Å². The molecule has 0 aliphatic rings. The maximum Gasteiger partial charge on any atom is 0.230 e. The van der Waals surface area contributed by atoms with E-state index in [0.29, 0.717) is 5.75 Å². The van der Waals surface area contributed by atoms with Crippen LogP contribution in [0.4, 0.5) is 0 Å². The zero-order valence-electron chi connectivity index (χ0n) is 9.87. The number of hydrogen-bond donors (Lipinski definition) is 1. The molecule has 1 aromatic heterocycles. The van der Waals surface area contributed by atoms with Crippen molar-refractivity contribution < 1.29 is 4.79 Å². The molecule has 1 heterocycles. The van der Waals surface area contributed by atoms with E-state index in [-0.39, 0.29) is 11.9 Å². The van der Waals surface area contributed by atoms with E-state index in [1.807, 2.05) is 37.3 Å². The highest BCUT2D eigenvalue weighted by atomic mass is 32.2. The Bertz CT molecular complexity index is 487. The third kappa shape index (κ3) is 3.82. The molecule has 2 rings (SSSR count). The van der Waals surface area contributed by atoms with Crippen LogP contribution in [0.3, 0.4) is 0 Å². The lowest BCUT2D eigenvalue weighted by atomic mass is 10.1. The lowest BCUT2D eigenvalue weighted by Gasteiger charge is -2.13. The topological polar surface area (TPSA) is 54.9 Å². The minimum absolute atomic E-state index is 0.00607. The highest BCUT2D eigenvalue weighted by molar-refractivity contribution is 8.01. The van der Waals surface area contributed by atoms with Gasteiger partial charge in [0.15, 0.2) is 4.34 Å². The Labute approximate surface area is 114 Å². The standard InChI is InChI=1S/C12H13N3OS2/c1-9(10-5-3-2-4-6-10)14-11(16)7-17-12-15-13-8-18-12/h2-6,8-9H,7H2,1H3,(H,14,16)/t9-/m1/s1. The SMILES string of the molecule is C[C@@H](NC(=O)CSc1nncs1)c1ccccc1. The summed E-state index contributed by atoms with van der Waals surface area (Å²) < 4.78 is 0.817. The molecule has 1 N–H and O–H groups in total. The summed E-state index contributed by atoms with van der Waals surface area (Å²) in [5, 5.41) is 10.6. The Morgan fingerprint density at radius 2 is 2.22 bits per heavy atom. The van der Waals surface area contributed by atoms with Gasteiger partial charge in [0.05, 0.1) is 11.8 Å². The molecule has 1 aromatic carbocycles. The maximum atomic E-state index is 11.7. The van der Waals surface area contributed by atoms with Crippen LogP contribution in [0, 0.1) is 0 Å². The summed E-state index contributed by atoms with van der Waals surface area (Å²) >= 11 is 2.85. The van der Waals surface area contributed by atoms with Gasteiger partial charge in [0.1, 0.15) is 5.51 Å². The number of hydrogen-bond acceptors (Lipinski definition) is 5. The molecule has 0 spiro atoms. The summed E-state index contributed by atoms with van der Waals surface area (Å²) in [4.78, 5) is 11.7. The number of amides is 1. The van der Waals surface area contributed by atoms with Crippen molar-refractivity contribution >= 4 is 29.0 Å². The molecule has 0 unspecified atom stereocenters. The Morgan fingerprint density at radius 1 is 1.44 bits per heavy atom. The average molecular weight is 279 g/mol. The van der Waals surface area contributed by atoms with Crippen molar-refractivity contribution in [3.63, 3.8) is 0 Å². The van der Waals surface area contributed by atoms with E-state index in [1.165, 1.54) is 23.1 Å². The zero-order valence-corrected chi connectivity index (χ0v) is 11.5. The number of carbonyl (C=O) groups is 1. The molecule has 6 heteroatoms.